The number of aliphatic imine (C=N–C) groups is 1. The van der Waals surface area contributed by atoms with E-state index in [0.29, 0.717) is 17.4 Å². The molecule has 0 saturated carbocycles. The third-order valence-corrected chi connectivity index (χ3v) is 5.25. The van der Waals surface area contributed by atoms with E-state index in [9.17, 15) is 4.79 Å². The van der Waals surface area contributed by atoms with Crippen molar-refractivity contribution in [2.45, 2.75) is 24.0 Å². The van der Waals surface area contributed by atoms with Gasteiger partial charge < -0.3 is 4.74 Å². The number of benzene rings is 1. The molecule has 1 aliphatic heterocycles. The number of aromatic nitrogens is 4. The number of pyridine rings is 1. The minimum absolute atomic E-state index is 0.217. The molecular weight excluding hydrogens is 442 g/mol. The maximum atomic E-state index is 11.7. The molecule has 9 heteroatoms. The average Bonchev–Trinajstić information content (AvgIpc) is 3.03. The number of carbonyl (C=O) groups is 1. The van der Waals surface area contributed by atoms with Gasteiger partial charge in [-0.1, -0.05) is 22.0 Å². The molecular formula is C19H16BrN5O2S. The van der Waals surface area contributed by atoms with Crippen LogP contribution in [0.25, 0.3) is 5.69 Å². The average molecular weight is 458 g/mol. The molecule has 3 heterocycles. The quantitative estimate of drug-likeness (QED) is 0.478. The molecule has 0 spiro atoms. The zero-order chi connectivity index (χ0) is 19.7. The number of hydrogen-bond acceptors (Lipinski definition) is 7. The predicted molar refractivity (Wildman–Crippen MR) is 110 cm³/mol. The normalized spacial score (nSPS) is 15.2. The van der Waals surface area contributed by atoms with Crippen LogP contribution in [0.3, 0.4) is 0 Å². The predicted octanol–water partition coefficient (Wildman–Crippen LogP) is 3.56. The molecule has 0 aliphatic carbocycles. The molecule has 28 heavy (non-hydrogen) atoms. The van der Waals surface area contributed by atoms with E-state index in [4.69, 9.17) is 9.73 Å². The molecule has 0 radical (unpaired) electrons. The van der Waals surface area contributed by atoms with Gasteiger partial charge in [-0.25, -0.2) is 0 Å². The molecule has 0 amide bonds. The van der Waals surface area contributed by atoms with E-state index in [1.54, 1.807) is 6.20 Å². The van der Waals surface area contributed by atoms with Crippen LogP contribution in [0.15, 0.2) is 57.2 Å². The van der Waals surface area contributed by atoms with Gasteiger partial charge in [0, 0.05) is 22.7 Å². The van der Waals surface area contributed by atoms with Gasteiger partial charge in [-0.3, -0.25) is 19.3 Å². The summed E-state index contributed by atoms with van der Waals surface area (Å²) in [6.07, 6.45) is 2.38. The van der Waals surface area contributed by atoms with Gasteiger partial charge in [0.2, 0.25) is 0 Å². The van der Waals surface area contributed by atoms with E-state index in [-0.39, 0.29) is 12.4 Å². The van der Waals surface area contributed by atoms with Crippen LogP contribution in [0.1, 0.15) is 36.0 Å². The highest BCUT2D eigenvalue weighted by Gasteiger charge is 2.29. The topological polar surface area (TPSA) is 82.3 Å². The van der Waals surface area contributed by atoms with Crippen LogP contribution in [-0.2, 0) is 9.53 Å². The van der Waals surface area contributed by atoms with Crippen molar-refractivity contribution in [3.05, 3.63) is 64.1 Å². The maximum Gasteiger partial charge on any atom is 0.305 e. The number of methoxy groups -OCH3 is 1. The minimum Gasteiger partial charge on any atom is -0.469 e. The van der Waals surface area contributed by atoms with Gasteiger partial charge in [0.1, 0.15) is 6.04 Å². The zero-order valence-corrected chi connectivity index (χ0v) is 17.4. The van der Waals surface area contributed by atoms with E-state index in [1.165, 1.54) is 7.11 Å². The Morgan fingerprint density at radius 3 is 2.89 bits per heavy atom. The smallest absolute Gasteiger partial charge is 0.305 e. The molecule has 4 rings (SSSR count). The van der Waals surface area contributed by atoms with Crippen molar-refractivity contribution in [1.29, 1.82) is 0 Å². The fourth-order valence-corrected chi connectivity index (χ4v) is 3.78. The number of ether oxygens (including phenoxy) is 1. The summed E-state index contributed by atoms with van der Waals surface area (Å²) in [5, 5.41) is 8.87. The first-order valence-electron chi connectivity index (χ1n) is 8.59. The van der Waals surface area contributed by atoms with Gasteiger partial charge in [-0.2, -0.15) is 0 Å². The summed E-state index contributed by atoms with van der Waals surface area (Å²) >= 11 is 8.03. The number of fused-ring (bicyclic) bond motifs is 3. The molecule has 3 aromatic rings. The molecule has 0 unspecified atom stereocenters. The first-order chi connectivity index (χ1) is 13.6. The first kappa shape index (κ1) is 18.8. The van der Waals surface area contributed by atoms with Gasteiger partial charge >= 0.3 is 5.97 Å². The second-order valence-corrected chi connectivity index (χ2v) is 7.49. The molecule has 0 saturated heterocycles. The standard InChI is InChI=1S/C19H16BrN5O2S/c1-27-16(26)8-6-14-18-23-24-19(28)25(18)15-7-5-11(20)10-12(15)17(22-14)13-4-2-3-9-21-13/h2-5,7,9-10,14H,6,8H2,1H3,(H,24,28)/t14-/m0/s1. The third-order valence-electron chi connectivity index (χ3n) is 4.47. The van der Waals surface area contributed by atoms with Crippen molar-refractivity contribution in [3.8, 4) is 5.69 Å². The van der Waals surface area contributed by atoms with Gasteiger partial charge in [0.05, 0.1) is 24.2 Å². The van der Waals surface area contributed by atoms with E-state index in [2.05, 4.69) is 43.7 Å². The van der Waals surface area contributed by atoms with Crippen LogP contribution >= 0.6 is 28.6 Å². The Labute approximate surface area is 175 Å². The van der Waals surface area contributed by atoms with E-state index < -0.39 is 6.04 Å². The highest BCUT2D eigenvalue weighted by molar-refractivity contribution is 9.10. The number of hydrogen-bond donors (Lipinski definition) is 1. The maximum absolute atomic E-state index is 11.7. The number of carbonyl (C=O) groups excluding carboxylic acids is 1. The molecule has 0 N–H and O–H groups in total. The minimum atomic E-state index is -0.393. The van der Waals surface area contributed by atoms with Crippen LogP contribution < -0.4 is 0 Å². The first-order valence-corrected chi connectivity index (χ1v) is 9.83. The number of nitrogens with zero attached hydrogens (tertiary/aromatic N) is 5. The number of rotatable bonds is 4. The molecule has 1 aromatic carbocycles. The fourth-order valence-electron chi connectivity index (χ4n) is 3.17. The molecule has 0 fully saturated rings. The zero-order valence-electron chi connectivity index (χ0n) is 14.9. The molecule has 2 aromatic heterocycles. The summed E-state index contributed by atoms with van der Waals surface area (Å²) in [7, 11) is 1.37. The third kappa shape index (κ3) is 3.47. The Kier molecular flexibility index (Phi) is 5.27. The van der Waals surface area contributed by atoms with Gasteiger partial charge in [0.15, 0.2) is 11.0 Å². The lowest BCUT2D eigenvalue weighted by molar-refractivity contribution is -0.140. The molecule has 7 nitrogen and oxygen atoms in total. The summed E-state index contributed by atoms with van der Waals surface area (Å²) in [4.78, 5) is 21.2. The largest absolute Gasteiger partial charge is 0.469 e. The van der Waals surface area contributed by atoms with Crippen molar-refractivity contribution in [1.82, 2.24) is 19.7 Å². The fraction of sp³-hybridized carbons (Fsp3) is 0.211. The highest BCUT2D eigenvalue weighted by Crippen LogP contribution is 2.34. The Bertz CT molecular complexity index is 1070. The van der Waals surface area contributed by atoms with Crippen LogP contribution in [-0.4, -0.2) is 38.5 Å². The Hall–Kier alpha value is -2.52. The van der Waals surface area contributed by atoms with Crippen LogP contribution in [0.4, 0.5) is 0 Å². The molecule has 0 bridgehead atoms. The SMILES string of the molecule is COC(=O)CC[C@@H]1N=C(c2ccccn2)c2cc(Br)ccc2-n2c(S)nnc21. The Morgan fingerprint density at radius 1 is 1.29 bits per heavy atom. The lowest BCUT2D eigenvalue weighted by Crippen LogP contribution is -2.09. The lowest BCUT2D eigenvalue weighted by Gasteiger charge is -2.12. The van der Waals surface area contributed by atoms with E-state index in [0.717, 1.165) is 27.1 Å². The second kappa shape index (κ2) is 7.84. The van der Waals surface area contributed by atoms with E-state index >= 15 is 0 Å². The number of thiol groups is 1. The van der Waals surface area contributed by atoms with Crippen molar-refractivity contribution in [2.75, 3.05) is 7.11 Å². The number of esters is 1. The molecule has 1 atom stereocenters. The number of halogens is 1. The summed E-state index contributed by atoms with van der Waals surface area (Å²) < 4.78 is 7.57. The molecule has 142 valence electrons. The van der Waals surface area contributed by atoms with Gasteiger partial charge in [0.25, 0.3) is 0 Å². The lowest BCUT2D eigenvalue weighted by atomic mass is 10.0. The summed E-state index contributed by atoms with van der Waals surface area (Å²) in [5.74, 6) is 0.333. The molecule has 1 aliphatic rings. The second-order valence-electron chi connectivity index (χ2n) is 6.18. The van der Waals surface area contributed by atoms with Crippen LogP contribution in [0.2, 0.25) is 0 Å². The van der Waals surface area contributed by atoms with E-state index in [1.807, 2.05) is 41.0 Å². The van der Waals surface area contributed by atoms with Crippen molar-refractivity contribution >= 4 is 40.2 Å². The van der Waals surface area contributed by atoms with Gasteiger partial charge in [-0.15, -0.1) is 22.8 Å². The Balaban J connectivity index is 1.93. The summed E-state index contributed by atoms with van der Waals surface area (Å²) in [6, 6.07) is 11.2. The van der Waals surface area contributed by atoms with Crippen molar-refractivity contribution < 1.29 is 9.53 Å². The van der Waals surface area contributed by atoms with Crippen LogP contribution in [0, 0.1) is 0 Å². The summed E-state index contributed by atoms with van der Waals surface area (Å²) in [5.41, 5.74) is 3.21. The van der Waals surface area contributed by atoms with Crippen molar-refractivity contribution in [2.24, 2.45) is 4.99 Å². The van der Waals surface area contributed by atoms with Crippen LogP contribution in [0.5, 0.6) is 0 Å². The van der Waals surface area contributed by atoms with Gasteiger partial charge in [-0.05, 0) is 36.8 Å². The Morgan fingerprint density at radius 2 is 2.14 bits per heavy atom. The summed E-state index contributed by atoms with van der Waals surface area (Å²) in [6.45, 7) is 0. The van der Waals surface area contributed by atoms with Crippen molar-refractivity contribution in [3.63, 3.8) is 0 Å². The monoisotopic (exact) mass is 457 g/mol. The highest BCUT2D eigenvalue weighted by atomic mass is 79.9.